The Balaban J connectivity index is 2.52. The van der Waals surface area contributed by atoms with Gasteiger partial charge in [0.2, 0.25) is 0 Å². The first-order valence-electron chi connectivity index (χ1n) is 12.4. The lowest BCUT2D eigenvalue weighted by Crippen LogP contribution is -2.33. The molecule has 0 saturated heterocycles. The number of carbonyl (C=O) groups excluding carboxylic acids is 1. The molecule has 5 heteroatoms. The van der Waals surface area contributed by atoms with Gasteiger partial charge in [-0.2, -0.15) is 0 Å². The van der Waals surface area contributed by atoms with Gasteiger partial charge < -0.3 is 14.9 Å². The highest BCUT2D eigenvalue weighted by molar-refractivity contribution is 5.67. The molecule has 0 aromatic rings. The summed E-state index contributed by atoms with van der Waals surface area (Å²) in [5.74, 6) is -0.579. The fourth-order valence-corrected chi connectivity index (χ4v) is 4.55. The molecule has 0 aliphatic heterocycles. The van der Waals surface area contributed by atoms with Gasteiger partial charge in [0.05, 0.1) is 6.10 Å². The highest BCUT2D eigenvalue weighted by atomic mass is 16.5. The number of unbranched alkanes of at least 4 members (excludes halogenated alkanes) is 5. The van der Waals surface area contributed by atoms with E-state index >= 15 is 0 Å². The van der Waals surface area contributed by atoms with Crippen LogP contribution in [0, 0.1) is 11.8 Å². The minimum absolute atomic E-state index is 0.101. The Bertz CT molecular complexity index is 554. The highest BCUT2D eigenvalue weighted by Gasteiger charge is 2.32. The zero-order chi connectivity index (χ0) is 22.9. The molecule has 0 radical (unpaired) electrons. The highest BCUT2D eigenvalue weighted by Crippen LogP contribution is 2.36. The van der Waals surface area contributed by atoms with Crippen LogP contribution in [0.25, 0.3) is 0 Å². The molecule has 1 aliphatic carbocycles. The Kier molecular flexibility index (Phi) is 15.0. The average Bonchev–Trinajstić information content (AvgIpc) is 2.73. The minimum atomic E-state index is -0.814. The molecule has 0 bridgehead atoms. The van der Waals surface area contributed by atoms with Crippen molar-refractivity contribution in [3.63, 3.8) is 0 Å². The second kappa shape index (κ2) is 17.0. The van der Waals surface area contributed by atoms with Gasteiger partial charge in [-0.1, -0.05) is 82.6 Å². The average molecular weight is 437 g/mol. The van der Waals surface area contributed by atoms with Crippen molar-refractivity contribution in [2.24, 2.45) is 11.8 Å². The number of hydrogen-bond donors (Lipinski definition) is 2. The molecular formula is C26H44O5. The number of aliphatic hydroxyl groups excluding tert-OH is 1. The summed E-state index contributed by atoms with van der Waals surface area (Å²) in [5, 5.41) is 19.1. The van der Waals surface area contributed by atoms with Crippen molar-refractivity contribution >= 4 is 11.9 Å². The van der Waals surface area contributed by atoms with E-state index in [4.69, 9.17) is 9.84 Å². The maximum atomic E-state index is 11.6. The van der Waals surface area contributed by atoms with Crippen molar-refractivity contribution in [2.45, 2.75) is 116 Å². The topological polar surface area (TPSA) is 83.8 Å². The van der Waals surface area contributed by atoms with E-state index in [1.54, 1.807) is 0 Å². The summed E-state index contributed by atoms with van der Waals surface area (Å²) in [6.45, 7) is 3.64. The van der Waals surface area contributed by atoms with E-state index in [0.29, 0.717) is 18.8 Å². The molecule has 0 aromatic heterocycles. The van der Waals surface area contributed by atoms with E-state index in [9.17, 15) is 14.7 Å². The summed E-state index contributed by atoms with van der Waals surface area (Å²) in [5.41, 5.74) is 0. The van der Waals surface area contributed by atoms with Crippen molar-refractivity contribution in [2.75, 3.05) is 0 Å². The molecule has 1 saturated carbocycles. The van der Waals surface area contributed by atoms with Crippen LogP contribution >= 0.6 is 0 Å². The lowest BCUT2D eigenvalue weighted by molar-refractivity contribution is -0.151. The number of ether oxygens (including phenoxy) is 1. The predicted octanol–water partition coefficient (Wildman–Crippen LogP) is 6.20. The third-order valence-electron chi connectivity index (χ3n) is 6.21. The van der Waals surface area contributed by atoms with Gasteiger partial charge in [-0.3, -0.25) is 9.59 Å². The molecule has 1 rings (SSSR count). The second-order valence-corrected chi connectivity index (χ2v) is 8.94. The van der Waals surface area contributed by atoms with Gasteiger partial charge in [-0.05, 0) is 38.0 Å². The Hall–Kier alpha value is -1.62. The number of rotatable bonds is 16. The number of carboxylic acids is 1. The number of carboxylic acid groups (broad SMARTS) is 1. The summed E-state index contributed by atoms with van der Waals surface area (Å²) in [4.78, 5) is 22.5. The fourth-order valence-electron chi connectivity index (χ4n) is 4.55. The Labute approximate surface area is 189 Å². The molecule has 31 heavy (non-hydrogen) atoms. The largest absolute Gasteiger partial charge is 0.481 e. The van der Waals surface area contributed by atoms with Crippen molar-refractivity contribution in [3.8, 4) is 0 Å². The Morgan fingerprint density at radius 1 is 1.00 bits per heavy atom. The number of esters is 1. The van der Waals surface area contributed by atoms with Crippen molar-refractivity contribution < 1.29 is 24.5 Å². The monoisotopic (exact) mass is 436 g/mol. The fraction of sp³-hybridized carbons (Fsp3) is 0.769. The maximum absolute atomic E-state index is 11.6. The lowest BCUT2D eigenvalue weighted by atomic mass is 9.75. The molecule has 2 unspecified atom stereocenters. The van der Waals surface area contributed by atoms with Gasteiger partial charge in [0.1, 0.15) is 6.10 Å². The standard InChI is InChI=1S/C26H44O5/c1-3-4-5-6-7-8-16-23(28)17-11-9-14-22-15-10-12-18-24(22)25(31-21(2)27)19-13-20-26(29)30/h9,11,14,17,22-25,28H,3-8,10,12-13,15-16,18-20H2,1-2H3,(H,29,30)/b14-9+,17-11+/t22-,23?,24-,25?/m1/s1. The van der Waals surface area contributed by atoms with Crippen LogP contribution in [0.4, 0.5) is 0 Å². The number of aliphatic hydroxyl groups is 1. The first kappa shape index (κ1) is 27.4. The number of allylic oxidation sites excluding steroid dienone is 3. The van der Waals surface area contributed by atoms with Gasteiger partial charge in [0.25, 0.3) is 0 Å². The van der Waals surface area contributed by atoms with Gasteiger partial charge >= 0.3 is 11.9 Å². The number of aliphatic carboxylic acids is 1. The van der Waals surface area contributed by atoms with Crippen LogP contribution in [0.15, 0.2) is 24.3 Å². The van der Waals surface area contributed by atoms with E-state index in [1.807, 2.05) is 18.2 Å². The third kappa shape index (κ3) is 13.4. The van der Waals surface area contributed by atoms with Crippen molar-refractivity contribution in [1.82, 2.24) is 0 Å². The van der Waals surface area contributed by atoms with Gasteiger partial charge in [0.15, 0.2) is 0 Å². The van der Waals surface area contributed by atoms with E-state index < -0.39 is 12.1 Å². The second-order valence-electron chi connectivity index (χ2n) is 8.94. The number of hydrogen-bond acceptors (Lipinski definition) is 4. The van der Waals surface area contributed by atoms with Crippen LogP contribution in [-0.4, -0.2) is 34.4 Å². The summed E-state index contributed by atoms with van der Waals surface area (Å²) in [6.07, 6.45) is 21.0. The van der Waals surface area contributed by atoms with E-state index in [2.05, 4.69) is 13.0 Å². The minimum Gasteiger partial charge on any atom is -0.481 e. The predicted molar refractivity (Wildman–Crippen MR) is 125 cm³/mol. The molecule has 1 fully saturated rings. The Morgan fingerprint density at radius 3 is 2.42 bits per heavy atom. The van der Waals surface area contributed by atoms with E-state index in [0.717, 1.165) is 38.5 Å². The molecule has 0 spiro atoms. The number of carbonyl (C=O) groups is 2. The summed E-state index contributed by atoms with van der Waals surface area (Å²) in [7, 11) is 0. The van der Waals surface area contributed by atoms with Crippen LogP contribution in [-0.2, 0) is 14.3 Å². The molecule has 2 N–H and O–H groups in total. The first-order chi connectivity index (χ1) is 14.9. The van der Waals surface area contributed by atoms with Crippen molar-refractivity contribution in [1.29, 1.82) is 0 Å². The molecule has 0 amide bonds. The molecular weight excluding hydrogens is 392 g/mol. The third-order valence-corrected chi connectivity index (χ3v) is 6.21. The first-order valence-corrected chi connectivity index (χ1v) is 12.4. The van der Waals surface area contributed by atoms with Crippen LogP contribution in [0.1, 0.15) is 104 Å². The smallest absolute Gasteiger partial charge is 0.303 e. The van der Waals surface area contributed by atoms with Gasteiger partial charge in [-0.25, -0.2) is 0 Å². The van der Waals surface area contributed by atoms with Gasteiger partial charge in [-0.15, -0.1) is 0 Å². The van der Waals surface area contributed by atoms with Crippen molar-refractivity contribution in [3.05, 3.63) is 24.3 Å². The van der Waals surface area contributed by atoms with E-state index in [1.165, 1.54) is 39.0 Å². The maximum Gasteiger partial charge on any atom is 0.303 e. The summed E-state index contributed by atoms with van der Waals surface area (Å²) >= 11 is 0. The van der Waals surface area contributed by atoms with Crippen LogP contribution in [0.3, 0.4) is 0 Å². The molecule has 5 nitrogen and oxygen atoms in total. The zero-order valence-corrected chi connectivity index (χ0v) is 19.6. The zero-order valence-electron chi connectivity index (χ0n) is 19.6. The normalized spacial score (nSPS) is 21.4. The van der Waals surface area contributed by atoms with Crippen LogP contribution in [0.2, 0.25) is 0 Å². The molecule has 178 valence electrons. The Morgan fingerprint density at radius 2 is 1.71 bits per heavy atom. The molecule has 0 heterocycles. The van der Waals surface area contributed by atoms with E-state index in [-0.39, 0.29) is 24.4 Å². The lowest BCUT2D eigenvalue weighted by Gasteiger charge is -2.35. The van der Waals surface area contributed by atoms with Crippen LogP contribution in [0.5, 0.6) is 0 Å². The molecule has 1 aliphatic rings. The molecule has 0 aromatic carbocycles. The van der Waals surface area contributed by atoms with Crippen LogP contribution < -0.4 is 0 Å². The molecule has 4 atom stereocenters. The van der Waals surface area contributed by atoms with Gasteiger partial charge in [0, 0.05) is 19.3 Å². The summed E-state index contributed by atoms with van der Waals surface area (Å²) in [6, 6.07) is 0. The SMILES string of the molecule is CCCCCCCCC(O)/C=C/C=C/[C@@H]1CCCC[C@H]1C(CCCC(=O)O)OC(C)=O. The quantitative estimate of drug-likeness (QED) is 0.171. The summed E-state index contributed by atoms with van der Waals surface area (Å²) < 4.78 is 5.60.